The second-order valence-corrected chi connectivity index (χ2v) is 9.27. The van der Waals surface area contributed by atoms with Crippen molar-refractivity contribution in [2.75, 3.05) is 38.8 Å². The van der Waals surface area contributed by atoms with Gasteiger partial charge in [-0.25, -0.2) is 0 Å². The van der Waals surface area contributed by atoms with E-state index in [4.69, 9.17) is 13.7 Å². The molecule has 0 unspecified atom stereocenters. The van der Waals surface area contributed by atoms with Crippen molar-refractivity contribution >= 4 is 21.7 Å². The highest BCUT2D eigenvalue weighted by atomic mass is 32.2. The van der Waals surface area contributed by atoms with Crippen molar-refractivity contribution in [2.45, 2.75) is 45.2 Å². The summed E-state index contributed by atoms with van der Waals surface area (Å²) in [4.78, 5) is 16.3. The van der Waals surface area contributed by atoms with Crippen molar-refractivity contribution < 1.29 is 26.9 Å². The summed E-state index contributed by atoms with van der Waals surface area (Å²) in [6.45, 7) is 9.47. The predicted octanol–water partition coefficient (Wildman–Crippen LogP) is 3.69. The van der Waals surface area contributed by atoms with Crippen LogP contribution >= 0.6 is 0 Å². The van der Waals surface area contributed by atoms with Gasteiger partial charge in [-0.1, -0.05) is 6.07 Å². The molecule has 0 saturated carbocycles. The zero-order valence-electron chi connectivity index (χ0n) is 20.2. The number of hydrogen-bond acceptors (Lipinski definition) is 7. The highest BCUT2D eigenvalue weighted by Gasteiger charge is 2.23. The van der Waals surface area contributed by atoms with E-state index in [1.54, 1.807) is 23.1 Å². The van der Waals surface area contributed by atoms with Crippen molar-refractivity contribution in [3.63, 3.8) is 0 Å². The van der Waals surface area contributed by atoms with Gasteiger partial charge in [-0.15, -0.1) is 0 Å². The van der Waals surface area contributed by atoms with Gasteiger partial charge in [0, 0.05) is 50.1 Å². The van der Waals surface area contributed by atoms with Crippen LogP contribution in [0.15, 0.2) is 47.4 Å². The maximum atomic E-state index is 13.1. The number of methoxy groups -OCH3 is 2. The first-order valence-electron chi connectivity index (χ1n) is 10.9. The van der Waals surface area contributed by atoms with Gasteiger partial charge in [0.25, 0.3) is 0 Å². The van der Waals surface area contributed by atoms with Gasteiger partial charge >= 0.3 is 10.1 Å². The van der Waals surface area contributed by atoms with Crippen molar-refractivity contribution in [1.29, 1.82) is 0 Å². The Kier molecular flexibility index (Phi) is 9.55. The summed E-state index contributed by atoms with van der Waals surface area (Å²) >= 11 is 0. The number of benzene rings is 2. The molecule has 0 N–H and O–H groups in total. The average molecular weight is 479 g/mol. The molecule has 0 heterocycles. The first-order valence-corrected chi connectivity index (χ1v) is 12.3. The van der Waals surface area contributed by atoms with E-state index in [1.807, 2.05) is 39.8 Å². The van der Waals surface area contributed by atoms with E-state index in [0.717, 1.165) is 18.8 Å². The summed E-state index contributed by atoms with van der Waals surface area (Å²) in [7, 11) is -1.13. The minimum atomic E-state index is -4.11. The van der Waals surface area contributed by atoms with Crippen molar-refractivity contribution in [1.82, 2.24) is 4.90 Å². The van der Waals surface area contributed by atoms with Crippen molar-refractivity contribution in [2.24, 2.45) is 0 Å². The number of hydrogen-bond donors (Lipinski definition) is 0. The molecule has 0 saturated heterocycles. The molecular formula is C24H34N2O6S. The summed E-state index contributed by atoms with van der Waals surface area (Å²) in [5, 5.41) is 0. The molecule has 9 heteroatoms. The van der Waals surface area contributed by atoms with E-state index in [-0.39, 0.29) is 35.7 Å². The van der Waals surface area contributed by atoms with Crippen LogP contribution in [0, 0.1) is 0 Å². The number of ether oxygens (including phenoxy) is 2. The lowest BCUT2D eigenvalue weighted by atomic mass is 10.1. The molecule has 2 aromatic rings. The highest BCUT2D eigenvalue weighted by molar-refractivity contribution is 7.87. The van der Waals surface area contributed by atoms with E-state index < -0.39 is 10.1 Å². The second-order valence-electron chi connectivity index (χ2n) is 7.73. The fraction of sp³-hybridized carbons (Fsp3) is 0.458. The first kappa shape index (κ1) is 26.5. The molecule has 0 aliphatic rings. The predicted molar refractivity (Wildman–Crippen MR) is 128 cm³/mol. The Morgan fingerprint density at radius 2 is 1.64 bits per heavy atom. The van der Waals surface area contributed by atoms with Crippen LogP contribution in [0.2, 0.25) is 0 Å². The van der Waals surface area contributed by atoms with E-state index in [0.29, 0.717) is 11.3 Å². The van der Waals surface area contributed by atoms with E-state index in [9.17, 15) is 13.2 Å². The van der Waals surface area contributed by atoms with Crippen LogP contribution in [-0.2, 0) is 26.2 Å². The number of anilines is 1. The first-order chi connectivity index (χ1) is 15.7. The molecular weight excluding hydrogens is 444 g/mol. The van der Waals surface area contributed by atoms with Crippen LogP contribution in [-0.4, -0.2) is 59.2 Å². The molecule has 0 fully saturated rings. The Hall–Kier alpha value is -2.78. The number of amides is 1. The van der Waals surface area contributed by atoms with Gasteiger partial charge in [0.2, 0.25) is 5.91 Å². The molecule has 182 valence electrons. The minimum Gasteiger partial charge on any atom is -0.497 e. The smallest absolute Gasteiger partial charge is 0.339 e. The molecule has 0 aliphatic carbocycles. The SMILES string of the molecule is CCN(CC)c1ccc(CN(C(=O)COC)C(C)C)c(OS(=O)(=O)c2ccc(OC)cc2)c1. The van der Waals surface area contributed by atoms with Crippen LogP contribution in [0.25, 0.3) is 0 Å². The minimum absolute atomic E-state index is 0.0127. The average Bonchev–Trinajstić information content (AvgIpc) is 2.79. The Balaban J connectivity index is 2.49. The Morgan fingerprint density at radius 3 is 2.15 bits per heavy atom. The molecule has 1 amide bonds. The van der Waals surface area contributed by atoms with Crippen LogP contribution in [0.4, 0.5) is 5.69 Å². The molecule has 0 aromatic heterocycles. The van der Waals surface area contributed by atoms with Gasteiger partial charge in [0.05, 0.1) is 7.11 Å². The quantitative estimate of drug-likeness (QED) is 0.430. The summed E-state index contributed by atoms with van der Waals surface area (Å²) in [6.07, 6.45) is 0. The largest absolute Gasteiger partial charge is 0.497 e. The third-order valence-corrected chi connectivity index (χ3v) is 6.53. The second kappa shape index (κ2) is 11.9. The van der Waals surface area contributed by atoms with E-state index >= 15 is 0 Å². The van der Waals surface area contributed by atoms with Gasteiger partial charge in [-0.05, 0) is 58.0 Å². The zero-order chi connectivity index (χ0) is 24.6. The lowest BCUT2D eigenvalue weighted by Crippen LogP contribution is -2.38. The van der Waals surface area contributed by atoms with Crippen LogP contribution in [0.3, 0.4) is 0 Å². The molecule has 8 nitrogen and oxygen atoms in total. The number of carbonyl (C=O) groups is 1. The monoisotopic (exact) mass is 478 g/mol. The van der Waals surface area contributed by atoms with Crippen LogP contribution in [0.1, 0.15) is 33.3 Å². The fourth-order valence-electron chi connectivity index (χ4n) is 3.39. The molecule has 0 bridgehead atoms. The number of rotatable bonds is 12. The Morgan fingerprint density at radius 1 is 1.00 bits per heavy atom. The molecule has 2 aromatic carbocycles. The standard InChI is InChI=1S/C24H34N2O6S/c1-7-25(8-2)20-10-9-19(16-26(18(3)4)24(27)17-30-5)23(15-20)32-33(28,29)22-13-11-21(31-6)12-14-22/h9-15,18H,7-8,16-17H2,1-6H3. The van der Waals surface area contributed by atoms with E-state index in [1.165, 1.54) is 26.4 Å². The van der Waals surface area contributed by atoms with Crippen molar-refractivity contribution in [3.05, 3.63) is 48.0 Å². The van der Waals surface area contributed by atoms with Crippen molar-refractivity contribution in [3.8, 4) is 11.5 Å². The lowest BCUT2D eigenvalue weighted by Gasteiger charge is -2.28. The van der Waals surface area contributed by atoms with Crippen LogP contribution in [0.5, 0.6) is 11.5 Å². The normalized spacial score (nSPS) is 11.4. The molecule has 0 radical (unpaired) electrons. The summed E-state index contributed by atoms with van der Waals surface area (Å²) in [5.74, 6) is 0.540. The Bertz CT molecular complexity index is 1020. The number of nitrogens with zero attached hydrogens (tertiary/aromatic N) is 2. The van der Waals surface area contributed by atoms with Gasteiger partial charge in [0.15, 0.2) is 0 Å². The topological polar surface area (TPSA) is 85.4 Å². The maximum Gasteiger partial charge on any atom is 0.339 e. The van der Waals surface area contributed by atoms with Gasteiger partial charge in [0.1, 0.15) is 23.0 Å². The third kappa shape index (κ3) is 6.85. The van der Waals surface area contributed by atoms with E-state index in [2.05, 4.69) is 4.90 Å². The number of carbonyl (C=O) groups excluding carboxylic acids is 1. The molecule has 0 aliphatic heterocycles. The maximum absolute atomic E-state index is 13.1. The summed E-state index contributed by atoms with van der Waals surface area (Å²) < 4.78 is 41.8. The molecule has 2 rings (SSSR count). The molecule has 33 heavy (non-hydrogen) atoms. The summed E-state index contributed by atoms with van der Waals surface area (Å²) in [5.41, 5.74) is 1.42. The highest BCUT2D eigenvalue weighted by Crippen LogP contribution is 2.30. The van der Waals surface area contributed by atoms with Gasteiger partial charge < -0.3 is 23.5 Å². The van der Waals surface area contributed by atoms with Crippen LogP contribution < -0.4 is 13.8 Å². The zero-order valence-corrected chi connectivity index (χ0v) is 21.0. The van der Waals surface area contributed by atoms with Gasteiger partial charge in [-0.2, -0.15) is 8.42 Å². The molecule has 0 atom stereocenters. The van der Waals surface area contributed by atoms with Gasteiger partial charge in [-0.3, -0.25) is 4.79 Å². The third-order valence-electron chi connectivity index (χ3n) is 5.28. The summed E-state index contributed by atoms with van der Waals surface area (Å²) in [6, 6.07) is 11.3. The fourth-order valence-corrected chi connectivity index (χ4v) is 4.35. The lowest BCUT2D eigenvalue weighted by molar-refractivity contribution is -0.137. The molecule has 0 spiro atoms. The Labute approximate surface area is 197 Å².